The first-order valence-corrected chi connectivity index (χ1v) is 17.4. The molecule has 0 bridgehead atoms. The number of hydrogen-bond acceptors (Lipinski definition) is 12. The molecule has 2 aliphatic heterocycles. The van der Waals surface area contributed by atoms with Crippen molar-refractivity contribution in [2.45, 2.75) is 45.1 Å². The van der Waals surface area contributed by atoms with Crippen LogP contribution >= 0.6 is 0 Å². The van der Waals surface area contributed by atoms with Crippen molar-refractivity contribution < 1.29 is 58.7 Å². The molecule has 0 aromatic carbocycles. The summed E-state index contributed by atoms with van der Waals surface area (Å²) in [6, 6.07) is -0.0509. The first kappa shape index (κ1) is 42.7. The lowest BCUT2D eigenvalue weighted by Gasteiger charge is -2.39. The van der Waals surface area contributed by atoms with Crippen molar-refractivity contribution in [2.24, 2.45) is 0 Å². The van der Waals surface area contributed by atoms with Gasteiger partial charge in [0.2, 0.25) is 11.8 Å². The van der Waals surface area contributed by atoms with E-state index in [4.69, 9.17) is 14.6 Å². The molecule has 0 atom stereocenters. The van der Waals surface area contributed by atoms with Crippen LogP contribution in [0.15, 0.2) is 0 Å². The van der Waals surface area contributed by atoms with Gasteiger partial charge in [-0.3, -0.25) is 48.4 Å². The van der Waals surface area contributed by atoms with E-state index >= 15 is 0 Å². The summed E-state index contributed by atoms with van der Waals surface area (Å²) in [4.78, 5) is 82.3. The molecular weight excluding hydrogens is 660 g/mol. The van der Waals surface area contributed by atoms with Gasteiger partial charge in [0, 0.05) is 84.5 Å². The van der Waals surface area contributed by atoms with Crippen molar-refractivity contribution >= 4 is 35.7 Å². The normalized spacial score (nSPS) is 18.2. The van der Waals surface area contributed by atoms with Gasteiger partial charge in [0.25, 0.3) is 0 Å². The van der Waals surface area contributed by atoms with Gasteiger partial charge in [-0.25, -0.2) is 0 Å². The molecule has 0 saturated carbocycles. The lowest BCUT2D eigenvalue weighted by atomic mass is 10.0. The van der Waals surface area contributed by atoms with E-state index in [1.54, 1.807) is 19.6 Å². The van der Waals surface area contributed by atoms with Crippen molar-refractivity contribution in [1.82, 2.24) is 29.4 Å². The number of piperidine rings is 1. The molecule has 0 unspecified atom stereocenters. The fourth-order valence-corrected chi connectivity index (χ4v) is 6.02. The molecule has 0 aliphatic carbocycles. The van der Waals surface area contributed by atoms with E-state index in [-0.39, 0.29) is 70.3 Å². The number of carboxylic acid groups (broad SMARTS) is 4. The van der Waals surface area contributed by atoms with Crippen LogP contribution in [0.4, 0.5) is 0 Å². The number of ether oxygens (including phenoxy) is 2. The molecule has 0 radical (unpaired) electrons. The average molecular weight is 717 g/mol. The molecule has 2 rings (SSSR count). The highest BCUT2D eigenvalue weighted by Gasteiger charge is 2.30. The molecular formula is C32H56N6O12. The second-order valence-corrected chi connectivity index (χ2v) is 12.6. The molecule has 2 fully saturated rings. The minimum absolute atomic E-state index is 0.0285. The van der Waals surface area contributed by atoms with Crippen LogP contribution in [0.5, 0.6) is 0 Å². The van der Waals surface area contributed by atoms with Crippen LogP contribution in [-0.2, 0) is 38.2 Å². The van der Waals surface area contributed by atoms with Crippen molar-refractivity contribution in [1.29, 1.82) is 0 Å². The summed E-state index contributed by atoms with van der Waals surface area (Å²) in [5.74, 6) is -4.06. The van der Waals surface area contributed by atoms with E-state index in [1.807, 2.05) is 16.7 Å². The number of likely N-dealkylation sites (tertiary alicyclic amines) is 1. The Labute approximate surface area is 293 Å². The number of carboxylic acids is 4. The summed E-state index contributed by atoms with van der Waals surface area (Å²) in [6.07, 6.45) is 2.24. The Kier molecular flexibility index (Phi) is 20.4. The van der Waals surface area contributed by atoms with E-state index in [2.05, 4.69) is 0 Å². The van der Waals surface area contributed by atoms with Crippen LogP contribution in [-0.4, -0.2) is 216 Å². The van der Waals surface area contributed by atoms with E-state index in [9.17, 15) is 44.1 Å². The molecule has 2 amide bonds. The van der Waals surface area contributed by atoms with Gasteiger partial charge in [-0.2, -0.15) is 0 Å². The number of carbonyl (C=O) groups is 6. The lowest BCUT2D eigenvalue weighted by molar-refractivity contribution is -0.141. The first-order valence-electron chi connectivity index (χ1n) is 17.4. The molecule has 18 nitrogen and oxygen atoms in total. The van der Waals surface area contributed by atoms with Crippen molar-refractivity contribution in [3.8, 4) is 0 Å². The summed E-state index contributed by atoms with van der Waals surface area (Å²) >= 11 is 0. The van der Waals surface area contributed by atoms with Gasteiger partial charge in [-0.05, 0) is 19.3 Å². The van der Waals surface area contributed by atoms with Gasteiger partial charge in [0.15, 0.2) is 0 Å². The Morgan fingerprint density at radius 1 is 0.560 bits per heavy atom. The number of nitrogens with zero attached hydrogens (tertiary/aromatic N) is 6. The second-order valence-electron chi connectivity index (χ2n) is 12.6. The highest BCUT2D eigenvalue weighted by molar-refractivity contribution is 5.79. The fourth-order valence-electron chi connectivity index (χ4n) is 6.02. The van der Waals surface area contributed by atoms with Crippen molar-refractivity contribution in [3.05, 3.63) is 0 Å². The maximum absolute atomic E-state index is 13.5. The Morgan fingerprint density at radius 3 is 1.38 bits per heavy atom. The standard InChI is InChI=1S/C32H56N6O12/c1-2-3-27(39)38(17-19-50-21-20-49-18-6-29(41)42)26-4-7-37(8-5-26)28(40)22-33-9-11-34(23-30(43)44)13-15-36(25-32(47)48)16-14-35(12-10-33)24-31(45)46/h26H,2-25H2,1H3,(H,41,42)(H,43,44)(H,45,46)(H,47,48). The van der Waals surface area contributed by atoms with E-state index in [0.29, 0.717) is 104 Å². The minimum atomic E-state index is -1.02. The van der Waals surface area contributed by atoms with Crippen LogP contribution in [0.1, 0.15) is 39.0 Å². The second kappa shape index (κ2) is 23.9. The van der Waals surface area contributed by atoms with Gasteiger partial charge < -0.3 is 39.7 Å². The van der Waals surface area contributed by atoms with E-state index < -0.39 is 23.9 Å². The zero-order valence-corrected chi connectivity index (χ0v) is 29.3. The topological polar surface area (TPSA) is 221 Å². The smallest absolute Gasteiger partial charge is 0.317 e. The lowest BCUT2D eigenvalue weighted by Crippen LogP contribution is -2.52. The molecule has 4 N–H and O–H groups in total. The van der Waals surface area contributed by atoms with Crippen LogP contribution in [0, 0.1) is 0 Å². The maximum atomic E-state index is 13.5. The van der Waals surface area contributed by atoms with Crippen LogP contribution in [0.3, 0.4) is 0 Å². The molecule has 2 heterocycles. The number of carbonyl (C=O) groups excluding carboxylic acids is 2. The Morgan fingerprint density at radius 2 is 0.980 bits per heavy atom. The third-order valence-electron chi connectivity index (χ3n) is 8.72. The van der Waals surface area contributed by atoms with Crippen LogP contribution < -0.4 is 0 Å². The Bertz CT molecular complexity index is 1060. The van der Waals surface area contributed by atoms with E-state index in [0.717, 1.165) is 0 Å². The number of amides is 2. The van der Waals surface area contributed by atoms with Gasteiger partial charge in [0.1, 0.15) is 0 Å². The maximum Gasteiger partial charge on any atom is 0.317 e. The largest absolute Gasteiger partial charge is 0.481 e. The molecule has 50 heavy (non-hydrogen) atoms. The Hall–Kier alpha value is -3.42. The van der Waals surface area contributed by atoms with E-state index in [1.165, 1.54) is 0 Å². The van der Waals surface area contributed by atoms with Gasteiger partial charge >= 0.3 is 23.9 Å². The Balaban J connectivity index is 1.99. The van der Waals surface area contributed by atoms with Gasteiger partial charge in [-0.15, -0.1) is 0 Å². The molecule has 0 aromatic rings. The van der Waals surface area contributed by atoms with Gasteiger partial charge in [-0.1, -0.05) is 6.92 Å². The zero-order chi connectivity index (χ0) is 36.9. The monoisotopic (exact) mass is 716 g/mol. The first-order chi connectivity index (χ1) is 23.9. The zero-order valence-electron chi connectivity index (χ0n) is 29.3. The van der Waals surface area contributed by atoms with Crippen molar-refractivity contribution in [2.75, 3.05) is 125 Å². The minimum Gasteiger partial charge on any atom is -0.481 e. The molecule has 0 spiro atoms. The highest BCUT2D eigenvalue weighted by Crippen LogP contribution is 2.19. The summed E-state index contributed by atoms with van der Waals surface area (Å²) in [7, 11) is 0. The summed E-state index contributed by atoms with van der Waals surface area (Å²) in [6.45, 7) is 6.12. The molecule has 18 heteroatoms. The molecule has 2 aliphatic rings. The third-order valence-corrected chi connectivity index (χ3v) is 8.72. The average Bonchev–Trinajstić information content (AvgIpc) is 3.04. The third kappa shape index (κ3) is 18.0. The SMILES string of the molecule is CCCC(=O)N(CCOCCOCCC(=O)O)C1CCN(C(=O)CN2CCN(CC(=O)O)CCN(CC(=O)O)CCN(CC(=O)O)CC2)CC1. The predicted molar refractivity (Wildman–Crippen MR) is 179 cm³/mol. The number of hydrogen-bond donors (Lipinski definition) is 4. The highest BCUT2D eigenvalue weighted by atomic mass is 16.5. The molecule has 0 aromatic heterocycles. The van der Waals surface area contributed by atoms with Crippen LogP contribution in [0.2, 0.25) is 0 Å². The van der Waals surface area contributed by atoms with Gasteiger partial charge in [0.05, 0.1) is 59.0 Å². The molecule has 286 valence electrons. The number of aliphatic carboxylic acids is 4. The van der Waals surface area contributed by atoms with Crippen LogP contribution in [0.25, 0.3) is 0 Å². The number of rotatable bonds is 20. The quantitative estimate of drug-likeness (QED) is 0.106. The summed E-state index contributed by atoms with van der Waals surface area (Å²) in [5.41, 5.74) is 0. The fraction of sp³-hybridized carbons (Fsp3) is 0.812. The molecule has 2 saturated heterocycles. The predicted octanol–water partition coefficient (Wildman–Crippen LogP) is -1.41. The van der Waals surface area contributed by atoms with Crippen molar-refractivity contribution in [3.63, 3.8) is 0 Å². The summed E-state index contributed by atoms with van der Waals surface area (Å²) < 4.78 is 10.9. The summed E-state index contributed by atoms with van der Waals surface area (Å²) in [5, 5.41) is 36.9.